The summed E-state index contributed by atoms with van der Waals surface area (Å²) in [5.41, 5.74) is 2.57. The maximum Gasteiger partial charge on any atom is 0.304 e. The molecule has 1 rings (SSSR count). The van der Waals surface area contributed by atoms with Gasteiger partial charge >= 0.3 is 5.97 Å². The molecule has 0 amide bonds. The molecule has 0 radical (unpaired) electrons. The van der Waals surface area contributed by atoms with E-state index >= 15 is 0 Å². The van der Waals surface area contributed by atoms with E-state index in [0.717, 1.165) is 19.4 Å². The number of carboxylic acid groups (broad SMARTS) is 1. The highest BCUT2D eigenvalue weighted by atomic mass is 16.4. The van der Waals surface area contributed by atoms with Gasteiger partial charge in [-0.2, -0.15) is 0 Å². The Morgan fingerprint density at radius 3 is 2.81 bits per heavy atom. The summed E-state index contributed by atoms with van der Waals surface area (Å²) in [6.07, 6.45) is 2.42. The second-order valence-electron chi connectivity index (χ2n) is 3.89. The molecule has 0 bridgehead atoms. The van der Waals surface area contributed by atoms with Crippen LogP contribution in [0.25, 0.3) is 0 Å². The van der Waals surface area contributed by atoms with Crippen molar-refractivity contribution in [1.82, 2.24) is 5.32 Å². The van der Waals surface area contributed by atoms with Crippen LogP contribution in [0.3, 0.4) is 0 Å². The molecule has 0 saturated carbocycles. The fourth-order valence-electron chi connectivity index (χ4n) is 1.61. The zero-order valence-corrected chi connectivity index (χ0v) is 9.70. The smallest absolute Gasteiger partial charge is 0.304 e. The first-order valence-corrected chi connectivity index (χ1v) is 5.72. The molecule has 0 fully saturated rings. The third-order valence-corrected chi connectivity index (χ3v) is 2.37. The Balaban J connectivity index is 2.35. The summed E-state index contributed by atoms with van der Waals surface area (Å²) in [5.74, 6) is -0.757. The van der Waals surface area contributed by atoms with Crippen LogP contribution in [0.4, 0.5) is 0 Å². The van der Waals surface area contributed by atoms with Crippen molar-refractivity contribution in [2.24, 2.45) is 0 Å². The number of hydrogen-bond donors (Lipinski definition) is 2. The van der Waals surface area contributed by atoms with E-state index < -0.39 is 5.97 Å². The number of carboxylic acids is 1. The minimum atomic E-state index is -0.757. The minimum absolute atomic E-state index is 0.175. The zero-order chi connectivity index (χ0) is 11.8. The molecule has 0 unspecified atom stereocenters. The molecular formula is C13H19NO2. The van der Waals surface area contributed by atoms with E-state index in [2.05, 4.69) is 36.5 Å². The lowest BCUT2D eigenvalue weighted by Gasteiger charge is -2.05. The first-order valence-electron chi connectivity index (χ1n) is 5.72. The van der Waals surface area contributed by atoms with Crippen molar-refractivity contribution >= 4 is 5.97 Å². The van der Waals surface area contributed by atoms with E-state index in [1.165, 1.54) is 11.1 Å². The predicted octanol–water partition coefficient (Wildman–Crippen LogP) is 2.20. The predicted molar refractivity (Wildman–Crippen MR) is 64.4 cm³/mol. The van der Waals surface area contributed by atoms with E-state index in [4.69, 9.17) is 5.11 Å². The molecule has 3 nitrogen and oxygen atoms in total. The second-order valence-corrected chi connectivity index (χ2v) is 3.89. The number of aryl methyl sites for hydroxylation is 1. The summed E-state index contributed by atoms with van der Waals surface area (Å²) in [6.45, 7) is 3.43. The SMILES string of the molecule is CCCc1cccc(CNCCC(=O)O)c1. The third-order valence-electron chi connectivity index (χ3n) is 2.37. The fraction of sp³-hybridized carbons (Fsp3) is 0.462. The van der Waals surface area contributed by atoms with Crippen molar-refractivity contribution in [1.29, 1.82) is 0 Å². The van der Waals surface area contributed by atoms with Gasteiger partial charge in [-0.3, -0.25) is 4.79 Å². The van der Waals surface area contributed by atoms with Gasteiger partial charge in [0.15, 0.2) is 0 Å². The number of carbonyl (C=O) groups is 1. The summed E-state index contributed by atoms with van der Waals surface area (Å²) in [4.78, 5) is 10.3. The summed E-state index contributed by atoms with van der Waals surface area (Å²) in [7, 11) is 0. The van der Waals surface area contributed by atoms with Crippen LogP contribution < -0.4 is 5.32 Å². The first kappa shape index (κ1) is 12.7. The molecule has 0 atom stereocenters. The van der Waals surface area contributed by atoms with Crippen molar-refractivity contribution in [3.8, 4) is 0 Å². The van der Waals surface area contributed by atoms with Gasteiger partial charge in [0.2, 0.25) is 0 Å². The van der Waals surface area contributed by atoms with Crippen LogP contribution in [0.15, 0.2) is 24.3 Å². The second kappa shape index (κ2) is 7.01. The monoisotopic (exact) mass is 221 g/mol. The van der Waals surface area contributed by atoms with Crippen molar-refractivity contribution in [3.05, 3.63) is 35.4 Å². The topological polar surface area (TPSA) is 49.3 Å². The van der Waals surface area contributed by atoms with Gasteiger partial charge in [-0.05, 0) is 17.5 Å². The Hall–Kier alpha value is -1.35. The highest BCUT2D eigenvalue weighted by Crippen LogP contribution is 2.07. The number of hydrogen-bond acceptors (Lipinski definition) is 2. The van der Waals surface area contributed by atoms with Gasteiger partial charge in [-0.1, -0.05) is 37.6 Å². The standard InChI is InChI=1S/C13H19NO2/c1-2-4-11-5-3-6-12(9-11)10-14-8-7-13(15)16/h3,5-6,9,14H,2,4,7-8,10H2,1H3,(H,15,16). The number of nitrogens with one attached hydrogen (secondary N) is 1. The first-order chi connectivity index (χ1) is 7.72. The molecule has 0 aliphatic carbocycles. The van der Waals surface area contributed by atoms with E-state index in [1.54, 1.807) is 0 Å². The Kier molecular flexibility index (Phi) is 5.57. The Bertz CT molecular complexity index is 336. The molecular weight excluding hydrogens is 202 g/mol. The zero-order valence-electron chi connectivity index (χ0n) is 9.70. The Morgan fingerprint density at radius 1 is 1.38 bits per heavy atom. The number of benzene rings is 1. The maximum atomic E-state index is 10.3. The van der Waals surface area contributed by atoms with Gasteiger partial charge in [0.1, 0.15) is 0 Å². The summed E-state index contributed by atoms with van der Waals surface area (Å²) < 4.78 is 0. The fourth-order valence-corrected chi connectivity index (χ4v) is 1.61. The largest absolute Gasteiger partial charge is 0.481 e. The normalized spacial score (nSPS) is 10.3. The quantitative estimate of drug-likeness (QED) is 0.694. The highest BCUT2D eigenvalue weighted by molar-refractivity contribution is 5.66. The molecule has 1 aromatic rings. The van der Waals surface area contributed by atoms with Gasteiger partial charge in [-0.25, -0.2) is 0 Å². The average Bonchev–Trinajstić information content (AvgIpc) is 2.25. The maximum absolute atomic E-state index is 10.3. The van der Waals surface area contributed by atoms with Crippen LogP contribution in [0, 0.1) is 0 Å². The van der Waals surface area contributed by atoms with Crippen molar-refractivity contribution in [2.75, 3.05) is 6.54 Å². The van der Waals surface area contributed by atoms with Crippen LogP contribution >= 0.6 is 0 Å². The van der Waals surface area contributed by atoms with Gasteiger partial charge in [0.05, 0.1) is 6.42 Å². The third kappa shape index (κ3) is 4.94. The molecule has 0 aromatic heterocycles. The molecule has 88 valence electrons. The molecule has 0 aliphatic rings. The van der Waals surface area contributed by atoms with Gasteiger partial charge in [0, 0.05) is 13.1 Å². The average molecular weight is 221 g/mol. The summed E-state index contributed by atoms with van der Waals surface area (Å²) in [6, 6.07) is 8.42. The molecule has 1 aromatic carbocycles. The molecule has 3 heteroatoms. The van der Waals surface area contributed by atoms with Crippen molar-refractivity contribution < 1.29 is 9.90 Å². The summed E-state index contributed by atoms with van der Waals surface area (Å²) in [5, 5.41) is 11.6. The lowest BCUT2D eigenvalue weighted by atomic mass is 10.1. The van der Waals surface area contributed by atoms with E-state index in [-0.39, 0.29) is 6.42 Å². The van der Waals surface area contributed by atoms with Crippen LogP contribution in [-0.4, -0.2) is 17.6 Å². The molecule has 0 heterocycles. The molecule has 0 spiro atoms. The van der Waals surface area contributed by atoms with Gasteiger partial charge in [0.25, 0.3) is 0 Å². The van der Waals surface area contributed by atoms with Gasteiger partial charge < -0.3 is 10.4 Å². The highest BCUT2D eigenvalue weighted by Gasteiger charge is 1.97. The van der Waals surface area contributed by atoms with Crippen molar-refractivity contribution in [2.45, 2.75) is 32.7 Å². The Morgan fingerprint density at radius 2 is 2.12 bits per heavy atom. The van der Waals surface area contributed by atoms with Crippen LogP contribution in [0.2, 0.25) is 0 Å². The molecule has 0 saturated heterocycles. The molecule has 2 N–H and O–H groups in total. The van der Waals surface area contributed by atoms with E-state index in [0.29, 0.717) is 6.54 Å². The minimum Gasteiger partial charge on any atom is -0.481 e. The molecule has 16 heavy (non-hydrogen) atoms. The molecule has 0 aliphatic heterocycles. The Labute approximate surface area is 96.5 Å². The van der Waals surface area contributed by atoms with Gasteiger partial charge in [-0.15, -0.1) is 0 Å². The van der Waals surface area contributed by atoms with Crippen molar-refractivity contribution in [3.63, 3.8) is 0 Å². The van der Waals surface area contributed by atoms with Crippen LogP contribution in [0.5, 0.6) is 0 Å². The number of aliphatic carboxylic acids is 1. The number of rotatable bonds is 7. The summed E-state index contributed by atoms with van der Waals surface area (Å²) >= 11 is 0. The lowest BCUT2D eigenvalue weighted by molar-refractivity contribution is -0.136. The lowest BCUT2D eigenvalue weighted by Crippen LogP contribution is -2.17. The van der Waals surface area contributed by atoms with Crippen LogP contribution in [0.1, 0.15) is 30.9 Å². The van der Waals surface area contributed by atoms with Crippen LogP contribution in [-0.2, 0) is 17.8 Å². The van der Waals surface area contributed by atoms with E-state index in [1.807, 2.05) is 0 Å². The van der Waals surface area contributed by atoms with E-state index in [9.17, 15) is 4.79 Å².